The number of carbonyl (C=O) groups is 2. The summed E-state index contributed by atoms with van der Waals surface area (Å²) in [6, 6.07) is -1.20. The molecular formula is C16H26N2O3. The average Bonchev–Trinajstić information content (AvgIpc) is 2.43. The summed E-state index contributed by atoms with van der Waals surface area (Å²) in [4.78, 5) is 23.5. The highest BCUT2D eigenvalue weighted by Crippen LogP contribution is 2.59. The van der Waals surface area contributed by atoms with E-state index < -0.39 is 17.9 Å². The predicted molar refractivity (Wildman–Crippen MR) is 78.2 cm³/mol. The Hall–Kier alpha value is -1.10. The van der Waals surface area contributed by atoms with Crippen molar-refractivity contribution in [1.29, 1.82) is 0 Å². The van der Waals surface area contributed by atoms with Crippen molar-refractivity contribution >= 4 is 11.9 Å². The molecule has 0 aliphatic heterocycles. The third kappa shape index (κ3) is 2.93. The number of hydrogen-bond acceptors (Lipinski definition) is 4. The van der Waals surface area contributed by atoms with E-state index in [-0.39, 0.29) is 12.0 Å². The van der Waals surface area contributed by atoms with E-state index in [1.807, 2.05) is 0 Å². The molecule has 1 unspecified atom stereocenters. The lowest BCUT2D eigenvalue weighted by Gasteiger charge is -2.56. The maximum Gasteiger partial charge on any atom is 0.332 e. The number of hydrogen-bond donors (Lipinski definition) is 2. The average molecular weight is 294 g/mol. The van der Waals surface area contributed by atoms with Crippen LogP contribution in [0.2, 0.25) is 0 Å². The number of rotatable bonds is 5. The van der Waals surface area contributed by atoms with Crippen LogP contribution in [0, 0.1) is 23.2 Å². The van der Waals surface area contributed by atoms with Gasteiger partial charge in [-0.25, -0.2) is 4.79 Å². The zero-order valence-corrected chi connectivity index (χ0v) is 12.8. The van der Waals surface area contributed by atoms with Crippen molar-refractivity contribution in [3.63, 3.8) is 0 Å². The Bertz CT molecular complexity index is 400. The van der Waals surface area contributed by atoms with E-state index in [4.69, 9.17) is 10.5 Å². The fourth-order valence-electron chi connectivity index (χ4n) is 5.23. The van der Waals surface area contributed by atoms with Crippen LogP contribution < -0.4 is 11.1 Å². The van der Waals surface area contributed by atoms with Gasteiger partial charge in [0, 0.05) is 6.54 Å². The number of nitrogens with two attached hydrogens (primary N) is 1. The van der Waals surface area contributed by atoms with Crippen molar-refractivity contribution in [2.24, 2.45) is 28.9 Å². The second-order valence-corrected chi connectivity index (χ2v) is 7.37. The van der Waals surface area contributed by atoms with Crippen molar-refractivity contribution in [2.75, 3.05) is 13.2 Å². The second-order valence-electron chi connectivity index (χ2n) is 7.37. The molecule has 0 spiro atoms. The van der Waals surface area contributed by atoms with Gasteiger partial charge < -0.3 is 15.8 Å². The Morgan fingerprint density at radius 2 is 1.71 bits per heavy atom. The number of ether oxygens (including phenoxy) is 1. The fourth-order valence-corrected chi connectivity index (χ4v) is 5.23. The molecule has 21 heavy (non-hydrogen) atoms. The molecule has 0 radical (unpaired) electrons. The number of carbonyl (C=O) groups excluding carboxylic acids is 2. The minimum atomic E-state index is -1.20. The zero-order chi connectivity index (χ0) is 15.0. The highest BCUT2D eigenvalue weighted by molar-refractivity contribution is 6.01. The summed E-state index contributed by atoms with van der Waals surface area (Å²) in [5.41, 5.74) is 5.90. The highest BCUT2D eigenvalue weighted by Gasteiger charge is 2.50. The summed E-state index contributed by atoms with van der Waals surface area (Å²) in [5, 5.41) is 2.91. The van der Waals surface area contributed by atoms with Gasteiger partial charge in [0.2, 0.25) is 5.91 Å². The lowest BCUT2D eigenvalue weighted by atomic mass is 9.49. The van der Waals surface area contributed by atoms with E-state index in [1.165, 1.54) is 38.5 Å². The minimum Gasteiger partial charge on any atom is -0.464 e. The van der Waals surface area contributed by atoms with Gasteiger partial charge in [-0.2, -0.15) is 0 Å². The Morgan fingerprint density at radius 3 is 2.19 bits per heavy atom. The lowest BCUT2D eigenvalue weighted by Crippen LogP contribution is -2.54. The van der Waals surface area contributed by atoms with Gasteiger partial charge >= 0.3 is 5.97 Å². The molecule has 0 aromatic rings. The molecule has 4 rings (SSSR count). The zero-order valence-electron chi connectivity index (χ0n) is 12.8. The molecule has 118 valence electrons. The Balaban J connectivity index is 1.55. The first-order valence-electron chi connectivity index (χ1n) is 8.21. The molecule has 0 saturated heterocycles. The lowest BCUT2D eigenvalue weighted by molar-refractivity contribution is -0.148. The molecule has 0 heterocycles. The predicted octanol–water partition coefficient (Wildman–Crippen LogP) is 1.21. The number of amides is 1. The normalized spacial score (nSPS) is 38.1. The molecule has 0 aromatic carbocycles. The summed E-state index contributed by atoms with van der Waals surface area (Å²) in [7, 11) is 0. The van der Waals surface area contributed by atoms with Crippen molar-refractivity contribution < 1.29 is 14.3 Å². The van der Waals surface area contributed by atoms with E-state index in [1.54, 1.807) is 6.92 Å². The quantitative estimate of drug-likeness (QED) is 0.590. The van der Waals surface area contributed by atoms with Gasteiger partial charge in [0.25, 0.3) is 0 Å². The van der Waals surface area contributed by atoms with E-state index >= 15 is 0 Å². The first-order valence-corrected chi connectivity index (χ1v) is 8.21. The van der Waals surface area contributed by atoms with Gasteiger partial charge in [0.15, 0.2) is 6.04 Å². The van der Waals surface area contributed by atoms with Gasteiger partial charge in [-0.3, -0.25) is 4.79 Å². The first-order chi connectivity index (χ1) is 10.0. The highest BCUT2D eigenvalue weighted by atomic mass is 16.5. The Morgan fingerprint density at radius 1 is 1.19 bits per heavy atom. The standard InChI is InChI=1S/C16H26N2O3/c1-2-21-15(20)13(17)14(19)18-9-16-6-10-3-11(7-16)5-12(4-10)8-16/h10-13H,2-9,17H2,1H3,(H,18,19). The molecule has 4 bridgehead atoms. The molecule has 5 nitrogen and oxygen atoms in total. The van der Waals surface area contributed by atoms with E-state index in [0.717, 1.165) is 17.8 Å². The minimum absolute atomic E-state index is 0.245. The van der Waals surface area contributed by atoms with Crippen LogP contribution in [-0.2, 0) is 14.3 Å². The molecule has 4 aliphatic carbocycles. The largest absolute Gasteiger partial charge is 0.464 e. The molecule has 1 amide bonds. The van der Waals surface area contributed by atoms with Crippen LogP contribution in [0.1, 0.15) is 45.4 Å². The topological polar surface area (TPSA) is 81.4 Å². The SMILES string of the molecule is CCOC(=O)C(N)C(=O)NCC12CC3CC(CC(C3)C1)C2. The molecule has 4 fully saturated rings. The maximum absolute atomic E-state index is 12.0. The molecule has 1 atom stereocenters. The molecular weight excluding hydrogens is 268 g/mol. The summed E-state index contributed by atoms with van der Waals surface area (Å²) >= 11 is 0. The summed E-state index contributed by atoms with van der Waals surface area (Å²) in [5.74, 6) is 1.52. The third-order valence-corrected chi connectivity index (χ3v) is 5.63. The third-order valence-electron chi connectivity index (χ3n) is 5.63. The molecule has 3 N–H and O–H groups in total. The van der Waals surface area contributed by atoms with E-state index in [2.05, 4.69) is 5.32 Å². The van der Waals surface area contributed by atoms with Crippen molar-refractivity contribution in [3.8, 4) is 0 Å². The molecule has 5 heteroatoms. The van der Waals surface area contributed by atoms with Gasteiger partial charge in [-0.1, -0.05) is 0 Å². The molecule has 4 aliphatic rings. The van der Waals surface area contributed by atoms with E-state index in [0.29, 0.717) is 6.54 Å². The number of esters is 1. The van der Waals surface area contributed by atoms with E-state index in [9.17, 15) is 9.59 Å². The maximum atomic E-state index is 12.0. The van der Waals surface area contributed by atoms with Gasteiger partial charge in [0.05, 0.1) is 6.61 Å². The first kappa shape index (κ1) is 14.8. The van der Waals surface area contributed by atoms with Gasteiger partial charge in [-0.15, -0.1) is 0 Å². The van der Waals surface area contributed by atoms with Crippen LogP contribution in [0.5, 0.6) is 0 Å². The monoisotopic (exact) mass is 294 g/mol. The van der Waals surface area contributed by atoms with Crippen LogP contribution in [0.4, 0.5) is 0 Å². The van der Waals surface area contributed by atoms with Crippen LogP contribution >= 0.6 is 0 Å². The number of nitrogens with one attached hydrogen (secondary N) is 1. The summed E-state index contributed by atoms with van der Waals surface area (Å²) < 4.78 is 4.80. The summed E-state index contributed by atoms with van der Waals surface area (Å²) in [6.45, 7) is 2.62. The van der Waals surface area contributed by atoms with Gasteiger partial charge in [-0.05, 0) is 68.6 Å². The van der Waals surface area contributed by atoms with Crippen LogP contribution in [0.25, 0.3) is 0 Å². The van der Waals surface area contributed by atoms with Crippen molar-refractivity contribution in [2.45, 2.75) is 51.5 Å². The van der Waals surface area contributed by atoms with Gasteiger partial charge in [0.1, 0.15) is 0 Å². The van der Waals surface area contributed by atoms with Crippen LogP contribution in [0.15, 0.2) is 0 Å². The van der Waals surface area contributed by atoms with Crippen LogP contribution in [-0.4, -0.2) is 31.1 Å². The second kappa shape index (κ2) is 5.59. The van der Waals surface area contributed by atoms with Crippen LogP contribution in [0.3, 0.4) is 0 Å². The van der Waals surface area contributed by atoms with Crippen molar-refractivity contribution in [1.82, 2.24) is 5.32 Å². The summed E-state index contributed by atoms with van der Waals surface area (Å²) in [6.07, 6.45) is 7.84. The Labute approximate surface area is 126 Å². The van der Waals surface area contributed by atoms with Crippen molar-refractivity contribution in [3.05, 3.63) is 0 Å². The Kier molecular flexibility index (Phi) is 3.95. The molecule has 0 aromatic heterocycles. The smallest absolute Gasteiger partial charge is 0.332 e. The molecule has 4 saturated carbocycles. The fraction of sp³-hybridized carbons (Fsp3) is 0.875.